The maximum Gasteiger partial charge on any atom is 0.233 e. The predicted molar refractivity (Wildman–Crippen MR) is 62.6 cm³/mol. The predicted octanol–water partition coefficient (Wildman–Crippen LogP) is 0.256. The van der Waals surface area contributed by atoms with Crippen LogP contribution in [0.25, 0.3) is 0 Å². The molecule has 1 fully saturated rings. The van der Waals surface area contributed by atoms with Crippen LogP contribution >= 0.6 is 0 Å². The molecule has 16 heavy (non-hydrogen) atoms. The van der Waals surface area contributed by atoms with E-state index in [4.69, 9.17) is 10.6 Å². The highest BCUT2D eigenvalue weighted by atomic mass is 16.5. The fraction of sp³-hybridized carbons (Fsp3) is 0.909. The quantitative estimate of drug-likeness (QED) is 0.403. The first-order valence-corrected chi connectivity index (χ1v) is 5.94. The monoisotopic (exact) mass is 229 g/mol. The van der Waals surface area contributed by atoms with E-state index < -0.39 is 0 Å². The van der Waals surface area contributed by atoms with Gasteiger partial charge in [-0.3, -0.25) is 10.2 Å². The van der Waals surface area contributed by atoms with Crippen LogP contribution in [0.1, 0.15) is 32.6 Å². The van der Waals surface area contributed by atoms with Crippen LogP contribution in [-0.2, 0) is 9.53 Å². The molecule has 3 N–H and O–H groups in total. The summed E-state index contributed by atoms with van der Waals surface area (Å²) in [6.45, 7) is 3.86. The normalized spacial score (nSPS) is 19.8. The molecule has 1 heterocycles. The molecular weight excluding hydrogens is 206 g/mol. The summed E-state index contributed by atoms with van der Waals surface area (Å²) in [5.74, 6) is 4.96. The van der Waals surface area contributed by atoms with E-state index >= 15 is 0 Å². The second kappa shape index (κ2) is 6.83. The van der Waals surface area contributed by atoms with Crippen molar-refractivity contribution in [2.24, 2.45) is 5.84 Å². The van der Waals surface area contributed by atoms with E-state index in [1.807, 2.05) is 0 Å². The maximum atomic E-state index is 11.0. The van der Waals surface area contributed by atoms with E-state index in [2.05, 4.69) is 24.3 Å². The number of nitrogens with one attached hydrogen (secondary N) is 1. The molecule has 5 nitrogen and oxygen atoms in total. The minimum Gasteiger partial charge on any atom is -0.381 e. The highest BCUT2D eigenvalue weighted by Crippen LogP contribution is 2.17. The van der Waals surface area contributed by atoms with E-state index in [-0.39, 0.29) is 5.91 Å². The van der Waals surface area contributed by atoms with Crippen LogP contribution in [0.3, 0.4) is 0 Å². The molecule has 94 valence electrons. The Bertz CT molecular complexity index is 217. The lowest BCUT2D eigenvalue weighted by Crippen LogP contribution is -2.42. The van der Waals surface area contributed by atoms with Gasteiger partial charge in [0, 0.05) is 31.7 Å². The van der Waals surface area contributed by atoms with Gasteiger partial charge in [-0.25, -0.2) is 5.84 Å². The summed E-state index contributed by atoms with van der Waals surface area (Å²) in [7, 11) is 2.13. The van der Waals surface area contributed by atoms with Crippen LogP contribution in [0, 0.1) is 0 Å². The number of carbonyl (C=O) groups excluding carboxylic acids is 1. The molecule has 0 aromatic heterocycles. The third-order valence-electron chi connectivity index (χ3n) is 3.41. The number of hydrogen-bond donors (Lipinski definition) is 2. The van der Waals surface area contributed by atoms with Crippen LogP contribution in [0.2, 0.25) is 0 Å². The molecule has 0 saturated carbocycles. The number of carbonyl (C=O) groups is 1. The average Bonchev–Trinajstić information content (AvgIpc) is 2.35. The van der Waals surface area contributed by atoms with Crippen molar-refractivity contribution in [3.8, 4) is 0 Å². The summed E-state index contributed by atoms with van der Waals surface area (Å²) in [5.41, 5.74) is 2.16. The first-order valence-electron chi connectivity index (χ1n) is 5.94. The Balaban J connectivity index is 2.28. The van der Waals surface area contributed by atoms with Gasteiger partial charge in [0.1, 0.15) is 0 Å². The maximum absolute atomic E-state index is 11.0. The van der Waals surface area contributed by atoms with E-state index in [0.29, 0.717) is 18.5 Å². The molecule has 1 atom stereocenters. The Morgan fingerprint density at radius 1 is 1.56 bits per heavy atom. The highest BCUT2D eigenvalue weighted by Gasteiger charge is 2.22. The molecule has 0 spiro atoms. The van der Waals surface area contributed by atoms with Gasteiger partial charge in [0.05, 0.1) is 0 Å². The Morgan fingerprint density at radius 3 is 2.75 bits per heavy atom. The molecule has 5 heteroatoms. The summed E-state index contributed by atoms with van der Waals surface area (Å²) in [6.07, 6.45) is 3.51. The van der Waals surface area contributed by atoms with Crippen molar-refractivity contribution >= 4 is 5.91 Å². The fourth-order valence-electron chi connectivity index (χ4n) is 2.07. The van der Waals surface area contributed by atoms with Crippen LogP contribution in [0.15, 0.2) is 0 Å². The lowest BCUT2D eigenvalue weighted by molar-refractivity contribution is -0.121. The van der Waals surface area contributed by atoms with Crippen LogP contribution < -0.4 is 11.3 Å². The van der Waals surface area contributed by atoms with Gasteiger partial charge in [-0.15, -0.1) is 0 Å². The Hall–Kier alpha value is -0.650. The standard InChI is InChI=1S/C11H23N3O2/c1-9(3-4-11(15)13-12)14(2)10-5-7-16-8-6-10/h9-10H,3-8,12H2,1-2H3,(H,13,15). The van der Waals surface area contributed by atoms with Crippen molar-refractivity contribution < 1.29 is 9.53 Å². The lowest BCUT2D eigenvalue weighted by atomic mass is 10.0. The van der Waals surface area contributed by atoms with Gasteiger partial charge in [-0.2, -0.15) is 0 Å². The van der Waals surface area contributed by atoms with E-state index in [0.717, 1.165) is 32.5 Å². The van der Waals surface area contributed by atoms with Gasteiger partial charge in [-0.05, 0) is 33.2 Å². The van der Waals surface area contributed by atoms with Crippen LogP contribution in [0.5, 0.6) is 0 Å². The molecule has 0 bridgehead atoms. The van der Waals surface area contributed by atoms with Crippen LogP contribution in [0.4, 0.5) is 0 Å². The van der Waals surface area contributed by atoms with Crippen LogP contribution in [-0.4, -0.2) is 43.2 Å². The summed E-state index contributed by atoms with van der Waals surface area (Å²) < 4.78 is 5.34. The molecule has 1 saturated heterocycles. The molecule has 1 amide bonds. The Labute approximate surface area is 97.3 Å². The molecule has 1 aliphatic rings. The van der Waals surface area contributed by atoms with E-state index in [9.17, 15) is 4.79 Å². The fourth-order valence-corrected chi connectivity index (χ4v) is 2.07. The first-order chi connectivity index (χ1) is 7.65. The zero-order valence-electron chi connectivity index (χ0n) is 10.2. The van der Waals surface area contributed by atoms with E-state index in [1.165, 1.54) is 0 Å². The topological polar surface area (TPSA) is 67.6 Å². The van der Waals surface area contributed by atoms with Gasteiger partial charge < -0.3 is 9.64 Å². The summed E-state index contributed by atoms with van der Waals surface area (Å²) >= 11 is 0. The smallest absolute Gasteiger partial charge is 0.233 e. The van der Waals surface area contributed by atoms with Crippen molar-refractivity contribution in [1.29, 1.82) is 0 Å². The van der Waals surface area contributed by atoms with Crippen molar-refractivity contribution in [1.82, 2.24) is 10.3 Å². The van der Waals surface area contributed by atoms with Gasteiger partial charge in [-0.1, -0.05) is 0 Å². The number of rotatable bonds is 5. The third-order valence-corrected chi connectivity index (χ3v) is 3.41. The number of ether oxygens (including phenoxy) is 1. The molecule has 1 aliphatic heterocycles. The Morgan fingerprint density at radius 2 is 2.19 bits per heavy atom. The minimum atomic E-state index is -0.0905. The summed E-state index contributed by atoms with van der Waals surface area (Å²) in [4.78, 5) is 13.4. The summed E-state index contributed by atoms with van der Waals surface area (Å²) in [5, 5.41) is 0. The molecule has 0 aliphatic carbocycles. The van der Waals surface area contributed by atoms with Gasteiger partial charge in [0.2, 0.25) is 5.91 Å². The van der Waals surface area contributed by atoms with Crippen molar-refractivity contribution in [3.05, 3.63) is 0 Å². The molecule has 0 radical (unpaired) electrons. The van der Waals surface area contributed by atoms with Gasteiger partial charge in [0.15, 0.2) is 0 Å². The molecular formula is C11H23N3O2. The minimum absolute atomic E-state index is 0.0905. The molecule has 1 unspecified atom stereocenters. The number of hydrazine groups is 1. The van der Waals surface area contributed by atoms with E-state index in [1.54, 1.807) is 0 Å². The average molecular weight is 229 g/mol. The number of hydrogen-bond acceptors (Lipinski definition) is 4. The van der Waals surface area contributed by atoms with Crippen molar-refractivity contribution in [2.45, 2.75) is 44.7 Å². The van der Waals surface area contributed by atoms with Gasteiger partial charge >= 0.3 is 0 Å². The second-order valence-electron chi connectivity index (χ2n) is 4.46. The number of amides is 1. The SMILES string of the molecule is CC(CCC(=O)NN)N(C)C1CCOCC1. The molecule has 0 aromatic carbocycles. The zero-order valence-corrected chi connectivity index (χ0v) is 10.2. The number of nitrogens with two attached hydrogens (primary N) is 1. The van der Waals surface area contributed by atoms with Crippen molar-refractivity contribution in [2.75, 3.05) is 20.3 Å². The Kier molecular flexibility index (Phi) is 5.73. The second-order valence-corrected chi connectivity index (χ2v) is 4.46. The summed E-state index contributed by atoms with van der Waals surface area (Å²) in [6, 6.07) is 0.991. The molecule has 0 aromatic rings. The van der Waals surface area contributed by atoms with Crippen molar-refractivity contribution in [3.63, 3.8) is 0 Å². The zero-order chi connectivity index (χ0) is 12.0. The largest absolute Gasteiger partial charge is 0.381 e. The number of nitrogens with zero attached hydrogens (tertiary/aromatic N) is 1. The third kappa shape index (κ3) is 4.08. The first kappa shape index (κ1) is 13.4. The van der Waals surface area contributed by atoms with Gasteiger partial charge in [0.25, 0.3) is 0 Å². The lowest BCUT2D eigenvalue weighted by Gasteiger charge is -2.35. The highest BCUT2D eigenvalue weighted by molar-refractivity contribution is 5.75. The molecule has 1 rings (SSSR count).